The number of carbonyl (C=O) groups excluding carboxylic acids is 1. The van der Waals surface area contributed by atoms with E-state index in [1.54, 1.807) is 12.1 Å². The largest absolute Gasteiger partial charge is 0.355 e. The number of nitrogens with zero attached hydrogens (tertiary/aromatic N) is 3. The third kappa shape index (κ3) is 3.67. The predicted molar refractivity (Wildman–Crippen MR) is 105 cm³/mol. The van der Waals surface area contributed by atoms with Gasteiger partial charge < -0.3 is 10.2 Å². The van der Waals surface area contributed by atoms with Gasteiger partial charge in [0.1, 0.15) is 5.82 Å². The Hall–Kier alpha value is -2.54. The molecule has 1 amide bonds. The molecule has 3 rings (SSSR count). The molecule has 2 aromatic carbocycles. The normalized spacial score (nSPS) is 10.8. The Kier molecular flexibility index (Phi) is 5.46. The van der Waals surface area contributed by atoms with Gasteiger partial charge in [-0.3, -0.25) is 4.79 Å². The Morgan fingerprint density at radius 1 is 1.12 bits per heavy atom. The quantitative estimate of drug-likeness (QED) is 0.658. The van der Waals surface area contributed by atoms with Gasteiger partial charge in [-0.2, -0.15) is 0 Å². The number of halogens is 2. The minimum Gasteiger partial charge on any atom is -0.355 e. The molecule has 0 radical (unpaired) electrons. The summed E-state index contributed by atoms with van der Waals surface area (Å²) in [6, 6.07) is 11.8. The Labute approximate surface area is 159 Å². The Morgan fingerprint density at radius 2 is 1.77 bits per heavy atom. The monoisotopic (exact) mass is 416 g/mol. The van der Waals surface area contributed by atoms with E-state index in [1.165, 1.54) is 12.1 Å². The van der Waals surface area contributed by atoms with Crippen LogP contribution in [0.2, 0.25) is 0 Å². The first-order valence-electron chi connectivity index (χ1n) is 8.31. The van der Waals surface area contributed by atoms with Crippen LogP contribution in [0.15, 0.2) is 46.9 Å². The molecular formula is C19H18BrFN4O. The molecule has 0 aliphatic heterocycles. The fourth-order valence-electron chi connectivity index (χ4n) is 2.66. The fraction of sp³-hybridized carbons (Fsp3) is 0.211. The zero-order chi connectivity index (χ0) is 18.7. The lowest BCUT2D eigenvalue weighted by Crippen LogP contribution is -2.28. The summed E-state index contributed by atoms with van der Waals surface area (Å²) in [4.78, 5) is 23.9. The number of para-hydroxylation sites is 2. The number of anilines is 2. The summed E-state index contributed by atoms with van der Waals surface area (Å²) in [6.07, 6.45) is 0. The molecule has 0 aliphatic carbocycles. The van der Waals surface area contributed by atoms with Crippen LogP contribution in [0, 0.1) is 5.82 Å². The van der Waals surface area contributed by atoms with Crippen molar-refractivity contribution < 1.29 is 9.18 Å². The number of fused-ring (bicyclic) bond motifs is 1. The molecule has 26 heavy (non-hydrogen) atoms. The van der Waals surface area contributed by atoms with Crippen molar-refractivity contribution >= 4 is 44.4 Å². The van der Waals surface area contributed by atoms with Crippen LogP contribution >= 0.6 is 15.9 Å². The van der Waals surface area contributed by atoms with Gasteiger partial charge in [0.05, 0.1) is 16.7 Å². The SMILES string of the molecule is CCN(CC)c1nc2ccccc2nc1C(=O)Nc1ccc(Br)cc1F. The van der Waals surface area contributed by atoms with Crippen molar-refractivity contribution in [1.82, 2.24) is 9.97 Å². The average Bonchev–Trinajstić information content (AvgIpc) is 2.64. The van der Waals surface area contributed by atoms with E-state index in [0.29, 0.717) is 34.4 Å². The summed E-state index contributed by atoms with van der Waals surface area (Å²) < 4.78 is 14.7. The van der Waals surface area contributed by atoms with E-state index in [0.717, 1.165) is 0 Å². The predicted octanol–water partition coefficient (Wildman–Crippen LogP) is 4.63. The smallest absolute Gasteiger partial charge is 0.278 e. The minimum atomic E-state index is -0.522. The second-order valence-corrected chi connectivity index (χ2v) is 6.55. The highest BCUT2D eigenvalue weighted by Crippen LogP contribution is 2.24. The van der Waals surface area contributed by atoms with E-state index in [2.05, 4.69) is 31.2 Å². The van der Waals surface area contributed by atoms with Gasteiger partial charge in [-0.1, -0.05) is 28.1 Å². The highest BCUT2D eigenvalue weighted by atomic mass is 79.9. The molecule has 1 N–H and O–H groups in total. The van der Waals surface area contributed by atoms with Crippen LogP contribution < -0.4 is 10.2 Å². The van der Waals surface area contributed by atoms with Gasteiger partial charge in [0.15, 0.2) is 11.5 Å². The second-order valence-electron chi connectivity index (χ2n) is 5.64. The van der Waals surface area contributed by atoms with Crippen molar-refractivity contribution in [3.05, 3.63) is 58.4 Å². The Balaban J connectivity index is 2.06. The summed E-state index contributed by atoms with van der Waals surface area (Å²) in [7, 11) is 0. The molecule has 0 bridgehead atoms. The number of amides is 1. The van der Waals surface area contributed by atoms with Crippen LogP contribution in [0.1, 0.15) is 24.3 Å². The molecular weight excluding hydrogens is 399 g/mol. The maximum Gasteiger partial charge on any atom is 0.278 e. The highest BCUT2D eigenvalue weighted by Gasteiger charge is 2.21. The molecule has 1 aromatic heterocycles. The zero-order valence-electron chi connectivity index (χ0n) is 14.5. The van der Waals surface area contributed by atoms with Gasteiger partial charge >= 0.3 is 0 Å². The highest BCUT2D eigenvalue weighted by molar-refractivity contribution is 9.10. The van der Waals surface area contributed by atoms with Gasteiger partial charge in [-0.15, -0.1) is 0 Å². The third-order valence-corrected chi connectivity index (χ3v) is 4.50. The molecule has 0 atom stereocenters. The Morgan fingerprint density at radius 3 is 2.38 bits per heavy atom. The molecule has 0 spiro atoms. The van der Waals surface area contributed by atoms with Crippen molar-refractivity contribution in [2.45, 2.75) is 13.8 Å². The van der Waals surface area contributed by atoms with Crippen molar-refractivity contribution in [3.63, 3.8) is 0 Å². The lowest BCUT2D eigenvalue weighted by Gasteiger charge is -2.22. The number of benzene rings is 2. The van der Waals surface area contributed by atoms with Crippen LogP contribution in [-0.2, 0) is 0 Å². The first-order valence-corrected chi connectivity index (χ1v) is 9.11. The maximum atomic E-state index is 14.1. The van der Waals surface area contributed by atoms with Crippen molar-refractivity contribution in [1.29, 1.82) is 0 Å². The molecule has 0 saturated heterocycles. The number of hydrogen-bond donors (Lipinski definition) is 1. The van der Waals surface area contributed by atoms with Gasteiger partial charge in [0.25, 0.3) is 5.91 Å². The molecule has 0 fully saturated rings. The van der Waals surface area contributed by atoms with Crippen LogP contribution in [0.4, 0.5) is 15.9 Å². The topological polar surface area (TPSA) is 58.1 Å². The number of rotatable bonds is 5. The zero-order valence-corrected chi connectivity index (χ0v) is 16.0. The van der Waals surface area contributed by atoms with Crippen molar-refractivity contribution in [2.75, 3.05) is 23.3 Å². The number of carbonyl (C=O) groups is 1. The molecule has 3 aromatic rings. The Bertz CT molecular complexity index is 959. The molecule has 1 heterocycles. The molecule has 7 heteroatoms. The van der Waals surface area contributed by atoms with Crippen molar-refractivity contribution in [3.8, 4) is 0 Å². The minimum absolute atomic E-state index is 0.0960. The van der Waals surface area contributed by atoms with E-state index in [9.17, 15) is 9.18 Å². The van der Waals surface area contributed by atoms with Crippen LogP contribution in [0.25, 0.3) is 11.0 Å². The van der Waals surface area contributed by atoms with Gasteiger partial charge in [0.2, 0.25) is 0 Å². The number of nitrogens with one attached hydrogen (secondary N) is 1. The van der Waals surface area contributed by atoms with E-state index in [4.69, 9.17) is 0 Å². The summed E-state index contributed by atoms with van der Waals surface area (Å²) in [6.45, 7) is 5.32. The molecule has 0 saturated carbocycles. The lowest BCUT2D eigenvalue weighted by molar-refractivity contribution is 0.102. The second kappa shape index (κ2) is 7.78. The van der Waals surface area contributed by atoms with Crippen molar-refractivity contribution in [2.24, 2.45) is 0 Å². The standard InChI is InChI=1S/C19H18BrFN4O/c1-3-25(4-2)18-17(22-15-7-5-6-8-16(15)23-18)19(26)24-14-10-9-12(20)11-13(14)21/h5-11H,3-4H2,1-2H3,(H,24,26). The van der Waals surface area contributed by atoms with E-state index >= 15 is 0 Å². The van der Waals surface area contributed by atoms with Gasteiger partial charge in [0, 0.05) is 17.6 Å². The maximum absolute atomic E-state index is 14.1. The van der Waals surface area contributed by atoms with Crippen LogP contribution in [-0.4, -0.2) is 29.0 Å². The number of aromatic nitrogens is 2. The van der Waals surface area contributed by atoms with Crippen LogP contribution in [0.3, 0.4) is 0 Å². The molecule has 134 valence electrons. The molecule has 5 nitrogen and oxygen atoms in total. The molecule has 0 unspecified atom stereocenters. The first kappa shape index (κ1) is 18.3. The third-order valence-electron chi connectivity index (χ3n) is 4.01. The summed E-state index contributed by atoms with van der Waals surface area (Å²) >= 11 is 3.20. The lowest BCUT2D eigenvalue weighted by atomic mass is 10.2. The molecule has 0 aliphatic rings. The summed E-state index contributed by atoms with van der Waals surface area (Å²) in [5, 5.41) is 2.60. The van der Waals surface area contributed by atoms with E-state index in [1.807, 2.05) is 36.9 Å². The fourth-order valence-corrected chi connectivity index (χ4v) is 2.99. The summed E-state index contributed by atoms with van der Waals surface area (Å²) in [5.41, 5.74) is 1.60. The van der Waals surface area contributed by atoms with E-state index in [-0.39, 0.29) is 11.4 Å². The number of hydrogen-bond acceptors (Lipinski definition) is 4. The first-order chi connectivity index (χ1) is 12.5. The van der Waals surface area contributed by atoms with Gasteiger partial charge in [-0.05, 0) is 44.2 Å². The summed E-state index contributed by atoms with van der Waals surface area (Å²) in [5.74, 6) is -0.527. The van der Waals surface area contributed by atoms with Gasteiger partial charge in [-0.25, -0.2) is 14.4 Å². The van der Waals surface area contributed by atoms with Crippen LogP contribution in [0.5, 0.6) is 0 Å². The van der Waals surface area contributed by atoms with E-state index < -0.39 is 11.7 Å². The average molecular weight is 417 g/mol.